The Morgan fingerprint density at radius 2 is 1.97 bits per heavy atom. The van der Waals surface area contributed by atoms with E-state index in [2.05, 4.69) is 21.0 Å². The molecule has 1 N–H and O–H groups in total. The molecule has 1 saturated carbocycles. The highest BCUT2D eigenvalue weighted by atomic mass is 32.2. The Labute approximate surface area is 193 Å². The Morgan fingerprint density at radius 3 is 2.50 bits per heavy atom. The van der Waals surface area contributed by atoms with Crippen LogP contribution in [0.3, 0.4) is 0 Å². The first kappa shape index (κ1) is 23.6. The van der Waals surface area contributed by atoms with Gasteiger partial charge in [0.15, 0.2) is 15.7 Å². The first-order valence-electron chi connectivity index (χ1n) is 10.2. The van der Waals surface area contributed by atoms with Gasteiger partial charge in [-0.2, -0.15) is 18.4 Å². The highest BCUT2D eigenvalue weighted by molar-refractivity contribution is 7.91. The number of fused-ring (bicyclic) bond motifs is 1. The molecule has 0 spiro atoms. The quantitative estimate of drug-likeness (QED) is 0.426. The Morgan fingerprint density at radius 1 is 1.29 bits per heavy atom. The molecule has 0 aliphatic heterocycles. The number of amidine groups is 1. The monoisotopic (exact) mass is 491 g/mol. The van der Waals surface area contributed by atoms with Crippen molar-refractivity contribution in [2.75, 3.05) is 10.7 Å². The van der Waals surface area contributed by atoms with Gasteiger partial charge in [-0.15, -0.1) is 0 Å². The molecule has 0 bridgehead atoms. The van der Waals surface area contributed by atoms with Gasteiger partial charge in [-0.1, -0.05) is 6.92 Å². The maximum absolute atomic E-state index is 13.1. The van der Waals surface area contributed by atoms with Crippen LogP contribution in [0, 0.1) is 16.7 Å². The van der Waals surface area contributed by atoms with Crippen LogP contribution in [0.25, 0.3) is 22.6 Å². The van der Waals surface area contributed by atoms with Crippen molar-refractivity contribution in [3.05, 3.63) is 30.2 Å². The van der Waals surface area contributed by atoms with Gasteiger partial charge in [0.1, 0.15) is 16.9 Å². The SMILES string of the molecule is CCS(=O)(=O)c1cc(N(C(C)=N)C2(C#N)CC2)cnc1-c1nc2cc(C(F)(F)F)ncc2n1C. The van der Waals surface area contributed by atoms with Crippen LogP contribution >= 0.6 is 0 Å². The Kier molecular flexibility index (Phi) is 5.39. The van der Waals surface area contributed by atoms with E-state index in [1.54, 1.807) is 0 Å². The number of aryl methyl sites for hydroxylation is 1. The van der Waals surface area contributed by atoms with Gasteiger partial charge < -0.3 is 9.47 Å². The normalized spacial score (nSPS) is 15.2. The number of pyridine rings is 2. The van der Waals surface area contributed by atoms with Gasteiger partial charge >= 0.3 is 6.18 Å². The standard InChI is InChI=1S/C21H20F3N7O2S/c1-4-34(32,33)16-7-13(31(12(2)26)20(11-25)5-6-20)9-28-18(16)19-29-14-8-17(21(22,23)24)27-10-15(14)30(19)3/h7-10,26H,4-6H2,1-3H3. The summed E-state index contributed by atoms with van der Waals surface area (Å²) in [5.41, 5.74) is -1.56. The van der Waals surface area contributed by atoms with Gasteiger partial charge in [0.25, 0.3) is 0 Å². The zero-order valence-corrected chi connectivity index (χ0v) is 19.3. The maximum atomic E-state index is 13.1. The number of rotatable bonds is 5. The second-order valence-electron chi connectivity index (χ2n) is 8.06. The average molecular weight is 491 g/mol. The highest BCUT2D eigenvalue weighted by Crippen LogP contribution is 2.44. The molecule has 34 heavy (non-hydrogen) atoms. The van der Waals surface area contributed by atoms with Gasteiger partial charge in [-0.05, 0) is 31.9 Å². The van der Waals surface area contributed by atoms with Gasteiger partial charge in [0.05, 0.1) is 51.7 Å². The predicted octanol–water partition coefficient (Wildman–Crippen LogP) is 3.70. The second-order valence-corrected chi connectivity index (χ2v) is 10.3. The van der Waals surface area contributed by atoms with E-state index in [1.807, 2.05) is 0 Å². The predicted molar refractivity (Wildman–Crippen MR) is 118 cm³/mol. The molecule has 0 amide bonds. The van der Waals surface area contributed by atoms with Gasteiger partial charge in [0.2, 0.25) is 0 Å². The number of halogens is 3. The fourth-order valence-corrected chi connectivity index (χ4v) is 4.89. The zero-order valence-electron chi connectivity index (χ0n) is 18.5. The lowest BCUT2D eigenvalue weighted by Crippen LogP contribution is -2.40. The summed E-state index contributed by atoms with van der Waals surface area (Å²) in [5, 5.41) is 17.8. The second kappa shape index (κ2) is 7.76. The lowest BCUT2D eigenvalue weighted by Gasteiger charge is -2.28. The molecular formula is C21H20F3N7O2S. The van der Waals surface area contributed by atoms with E-state index in [0.29, 0.717) is 12.8 Å². The molecule has 1 fully saturated rings. The summed E-state index contributed by atoms with van der Waals surface area (Å²) in [6, 6.07) is 4.33. The number of nitrogens with one attached hydrogen (secondary N) is 1. The third-order valence-corrected chi connectivity index (χ3v) is 7.52. The van der Waals surface area contributed by atoms with Crippen LogP contribution in [0.15, 0.2) is 29.4 Å². The van der Waals surface area contributed by atoms with E-state index in [0.717, 1.165) is 12.3 Å². The fraction of sp³-hybridized carbons (Fsp3) is 0.381. The molecule has 9 nitrogen and oxygen atoms in total. The van der Waals surface area contributed by atoms with Crippen molar-refractivity contribution in [3.8, 4) is 17.6 Å². The number of anilines is 1. The summed E-state index contributed by atoms with van der Waals surface area (Å²) in [5.74, 6) is -0.155. The molecule has 13 heteroatoms. The van der Waals surface area contributed by atoms with Crippen LogP contribution in [-0.4, -0.2) is 45.1 Å². The van der Waals surface area contributed by atoms with Crippen LogP contribution in [0.5, 0.6) is 0 Å². The smallest absolute Gasteiger partial charge is 0.324 e. The molecule has 0 atom stereocenters. The summed E-state index contributed by atoms with van der Waals surface area (Å²) in [6.45, 7) is 2.95. The van der Waals surface area contributed by atoms with E-state index >= 15 is 0 Å². The largest absolute Gasteiger partial charge is 0.433 e. The van der Waals surface area contributed by atoms with Crippen molar-refractivity contribution in [2.45, 2.75) is 43.3 Å². The van der Waals surface area contributed by atoms with Crippen LogP contribution in [-0.2, 0) is 23.1 Å². The summed E-state index contributed by atoms with van der Waals surface area (Å²) in [6.07, 6.45) is -1.23. The number of hydrogen-bond acceptors (Lipinski definition) is 7. The first-order chi connectivity index (χ1) is 15.8. The van der Waals surface area contributed by atoms with E-state index < -0.39 is 27.2 Å². The molecule has 178 valence electrons. The summed E-state index contributed by atoms with van der Waals surface area (Å²) >= 11 is 0. The minimum absolute atomic E-state index is 0.0103. The molecule has 3 aromatic heterocycles. The lowest BCUT2D eigenvalue weighted by molar-refractivity contribution is -0.141. The van der Waals surface area contributed by atoms with Crippen molar-refractivity contribution in [2.24, 2.45) is 7.05 Å². The van der Waals surface area contributed by atoms with Crippen LogP contribution in [0.4, 0.5) is 18.9 Å². The molecule has 0 radical (unpaired) electrons. The number of sulfone groups is 1. The Hall–Kier alpha value is -3.53. The van der Waals surface area contributed by atoms with E-state index in [1.165, 1.54) is 42.6 Å². The van der Waals surface area contributed by atoms with Crippen molar-refractivity contribution in [1.82, 2.24) is 19.5 Å². The molecule has 0 unspecified atom stereocenters. The number of aromatic nitrogens is 4. The van der Waals surface area contributed by atoms with Gasteiger partial charge in [0, 0.05) is 7.05 Å². The van der Waals surface area contributed by atoms with Crippen molar-refractivity contribution in [3.63, 3.8) is 0 Å². The molecular weight excluding hydrogens is 471 g/mol. The van der Waals surface area contributed by atoms with Crippen LogP contribution < -0.4 is 4.90 Å². The fourth-order valence-electron chi connectivity index (χ4n) is 3.84. The molecule has 1 aliphatic carbocycles. The number of hydrogen-bond donors (Lipinski definition) is 1. The number of nitrogens with zero attached hydrogens (tertiary/aromatic N) is 6. The van der Waals surface area contributed by atoms with Gasteiger partial charge in [-0.25, -0.2) is 23.4 Å². The van der Waals surface area contributed by atoms with Crippen LogP contribution in [0.1, 0.15) is 32.4 Å². The van der Waals surface area contributed by atoms with Crippen molar-refractivity contribution in [1.29, 1.82) is 10.7 Å². The molecule has 1 aliphatic rings. The Bertz CT molecular complexity index is 1470. The summed E-state index contributed by atoms with van der Waals surface area (Å²) in [4.78, 5) is 13.3. The topological polar surface area (TPSA) is 129 Å². The first-order valence-corrected chi connectivity index (χ1v) is 11.9. The van der Waals surface area contributed by atoms with Crippen molar-refractivity contribution >= 4 is 32.4 Å². The number of alkyl halides is 3. The lowest BCUT2D eigenvalue weighted by atomic mass is 10.2. The summed E-state index contributed by atoms with van der Waals surface area (Å²) < 4.78 is 66.7. The molecule has 0 aromatic carbocycles. The van der Waals surface area contributed by atoms with Crippen LogP contribution in [0.2, 0.25) is 0 Å². The van der Waals surface area contributed by atoms with Gasteiger partial charge in [-0.3, -0.25) is 5.41 Å². The number of nitriles is 1. The minimum Gasteiger partial charge on any atom is -0.324 e. The molecule has 4 rings (SSSR count). The third kappa shape index (κ3) is 3.77. The molecule has 0 saturated heterocycles. The van der Waals surface area contributed by atoms with E-state index in [-0.39, 0.29) is 44.7 Å². The van der Waals surface area contributed by atoms with E-state index in [4.69, 9.17) is 5.41 Å². The summed E-state index contributed by atoms with van der Waals surface area (Å²) in [7, 11) is -2.34. The molecule has 3 aromatic rings. The van der Waals surface area contributed by atoms with E-state index in [9.17, 15) is 26.9 Å². The average Bonchev–Trinajstić information content (AvgIpc) is 3.49. The zero-order chi connectivity index (χ0) is 25.1. The number of imidazole rings is 1. The highest BCUT2D eigenvalue weighted by Gasteiger charge is 2.50. The third-order valence-electron chi connectivity index (χ3n) is 5.78. The minimum atomic E-state index is -4.66. The van der Waals surface area contributed by atoms with Crippen molar-refractivity contribution < 1.29 is 21.6 Å². The maximum Gasteiger partial charge on any atom is 0.433 e. The molecule has 3 heterocycles. The Balaban J connectivity index is 1.94.